The quantitative estimate of drug-likeness (QED) is 0.570. The first-order valence-electron chi connectivity index (χ1n) is 8.47. The molecule has 0 saturated heterocycles. The van der Waals surface area contributed by atoms with Gasteiger partial charge in [0.05, 0.1) is 0 Å². The van der Waals surface area contributed by atoms with E-state index in [1.807, 2.05) is 0 Å². The van der Waals surface area contributed by atoms with E-state index in [9.17, 15) is 0 Å². The minimum atomic E-state index is 0.477. The van der Waals surface area contributed by atoms with Gasteiger partial charge in [0, 0.05) is 5.41 Å². The Bertz CT molecular complexity index is 767. The van der Waals surface area contributed by atoms with Gasteiger partial charge < -0.3 is 0 Å². The van der Waals surface area contributed by atoms with Crippen molar-refractivity contribution >= 4 is 10.8 Å². The summed E-state index contributed by atoms with van der Waals surface area (Å²) in [6.45, 7) is 2.24. The van der Waals surface area contributed by atoms with Gasteiger partial charge in [-0.1, -0.05) is 42.5 Å². The topological polar surface area (TPSA) is 0 Å². The van der Waals surface area contributed by atoms with E-state index >= 15 is 0 Å². The molecule has 0 nitrogen and oxygen atoms in total. The standard InChI is InChI=1S/C21H22/c1-14-4-2-5-16-12-20-17(11-19(14)16)6-3-9-21(20)13-15-7-8-18(21)10-15/h2,4-5,7-8,11-12,15,18H,3,6,9-10,13H2,1H3. The number of fused-ring (bicyclic) bond motifs is 6. The number of hydrogen-bond donors (Lipinski definition) is 0. The maximum atomic E-state index is 2.55. The number of rotatable bonds is 0. The van der Waals surface area contributed by atoms with Gasteiger partial charge in [-0.25, -0.2) is 0 Å². The maximum Gasteiger partial charge on any atom is 0.00246 e. The van der Waals surface area contributed by atoms with Crippen LogP contribution in [-0.4, -0.2) is 0 Å². The molecule has 3 unspecified atom stereocenters. The van der Waals surface area contributed by atoms with Gasteiger partial charge in [0.2, 0.25) is 0 Å². The van der Waals surface area contributed by atoms with Crippen LogP contribution in [0.3, 0.4) is 0 Å². The summed E-state index contributed by atoms with van der Waals surface area (Å²) >= 11 is 0. The van der Waals surface area contributed by atoms with Gasteiger partial charge in [0.1, 0.15) is 0 Å². The molecular formula is C21H22. The van der Waals surface area contributed by atoms with Gasteiger partial charge in [-0.3, -0.25) is 0 Å². The normalized spacial score (nSPS) is 33.0. The average molecular weight is 274 g/mol. The molecule has 3 atom stereocenters. The number of benzene rings is 2. The summed E-state index contributed by atoms with van der Waals surface area (Å²) in [5, 5.41) is 2.91. The third kappa shape index (κ3) is 1.51. The van der Waals surface area contributed by atoms with Crippen molar-refractivity contribution in [2.45, 2.75) is 44.4 Å². The fourth-order valence-electron chi connectivity index (χ4n) is 5.48. The second kappa shape index (κ2) is 4.00. The summed E-state index contributed by atoms with van der Waals surface area (Å²) in [5.41, 5.74) is 5.24. The van der Waals surface area contributed by atoms with Crippen LogP contribution >= 0.6 is 0 Å². The summed E-state index contributed by atoms with van der Waals surface area (Å²) in [4.78, 5) is 0. The average Bonchev–Trinajstić information content (AvgIpc) is 3.08. The highest BCUT2D eigenvalue weighted by atomic mass is 14.5. The summed E-state index contributed by atoms with van der Waals surface area (Å²) in [7, 11) is 0. The molecule has 0 heteroatoms. The van der Waals surface area contributed by atoms with Gasteiger partial charge in [-0.2, -0.15) is 0 Å². The van der Waals surface area contributed by atoms with E-state index in [1.165, 1.54) is 48.4 Å². The fourth-order valence-corrected chi connectivity index (χ4v) is 5.48. The first kappa shape index (κ1) is 12.0. The highest BCUT2D eigenvalue weighted by Gasteiger charge is 2.50. The van der Waals surface area contributed by atoms with Gasteiger partial charge in [0.15, 0.2) is 0 Å². The molecule has 106 valence electrons. The lowest BCUT2D eigenvalue weighted by Gasteiger charge is -2.41. The van der Waals surface area contributed by atoms with Crippen LogP contribution in [0.5, 0.6) is 0 Å². The van der Waals surface area contributed by atoms with Crippen LogP contribution in [0.4, 0.5) is 0 Å². The summed E-state index contributed by atoms with van der Waals surface area (Å²) < 4.78 is 0. The molecule has 2 aromatic rings. The van der Waals surface area contributed by atoms with E-state index in [4.69, 9.17) is 0 Å². The molecule has 21 heavy (non-hydrogen) atoms. The van der Waals surface area contributed by atoms with E-state index in [0.29, 0.717) is 5.41 Å². The zero-order valence-corrected chi connectivity index (χ0v) is 12.7. The van der Waals surface area contributed by atoms with Crippen molar-refractivity contribution in [3.8, 4) is 0 Å². The summed E-state index contributed by atoms with van der Waals surface area (Å²) in [6, 6.07) is 11.8. The lowest BCUT2D eigenvalue weighted by Crippen LogP contribution is -2.35. The Kier molecular flexibility index (Phi) is 2.29. The maximum absolute atomic E-state index is 2.55. The van der Waals surface area contributed by atoms with Crippen LogP contribution in [0.25, 0.3) is 10.8 Å². The van der Waals surface area contributed by atoms with Crippen molar-refractivity contribution in [3.63, 3.8) is 0 Å². The van der Waals surface area contributed by atoms with E-state index in [2.05, 4.69) is 49.4 Å². The van der Waals surface area contributed by atoms with Crippen LogP contribution < -0.4 is 0 Å². The molecule has 1 saturated carbocycles. The van der Waals surface area contributed by atoms with E-state index in [1.54, 1.807) is 11.1 Å². The molecule has 0 N–H and O–H groups in total. The van der Waals surface area contributed by atoms with Crippen LogP contribution in [0.1, 0.15) is 42.4 Å². The molecule has 3 aliphatic carbocycles. The second-order valence-electron chi connectivity index (χ2n) is 7.51. The number of hydrogen-bond acceptors (Lipinski definition) is 0. The van der Waals surface area contributed by atoms with Gasteiger partial charge >= 0.3 is 0 Å². The Morgan fingerprint density at radius 1 is 1.14 bits per heavy atom. The minimum absolute atomic E-state index is 0.477. The second-order valence-corrected chi connectivity index (χ2v) is 7.51. The van der Waals surface area contributed by atoms with E-state index < -0.39 is 0 Å². The Hall–Kier alpha value is -1.56. The lowest BCUT2D eigenvalue weighted by atomic mass is 9.62. The molecular weight excluding hydrogens is 252 g/mol. The van der Waals surface area contributed by atoms with Crippen molar-refractivity contribution in [1.29, 1.82) is 0 Å². The van der Waals surface area contributed by atoms with Gasteiger partial charge in [0.25, 0.3) is 0 Å². The first-order chi connectivity index (χ1) is 10.3. The third-order valence-electron chi connectivity index (χ3n) is 6.44. The number of aryl methyl sites for hydroxylation is 2. The van der Waals surface area contributed by atoms with Crippen molar-refractivity contribution in [2.75, 3.05) is 0 Å². The largest absolute Gasteiger partial charge is 0.0851 e. The monoisotopic (exact) mass is 274 g/mol. The van der Waals surface area contributed by atoms with Gasteiger partial charge in [-0.05, 0) is 78.3 Å². The van der Waals surface area contributed by atoms with Crippen LogP contribution in [0, 0.1) is 18.8 Å². The Morgan fingerprint density at radius 3 is 2.90 bits per heavy atom. The smallest absolute Gasteiger partial charge is 0.00246 e. The molecule has 0 aliphatic heterocycles. The van der Waals surface area contributed by atoms with E-state index in [-0.39, 0.29) is 0 Å². The predicted molar refractivity (Wildman–Crippen MR) is 88.7 cm³/mol. The Morgan fingerprint density at radius 2 is 2.10 bits per heavy atom. The zero-order chi connectivity index (χ0) is 14.0. The summed E-state index contributed by atoms with van der Waals surface area (Å²) in [5.74, 6) is 1.66. The van der Waals surface area contributed by atoms with Crippen LogP contribution in [0.15, 0.2) is 42.5 Å². The molecule has 2 aromatic carbocycles. The molecule has 0 amide bonds. The number of allylic oxidation sites excluding steroid dienone is 2. The minimum Gasteiger partial charge on any atom is -0.0851 e. The molecule has 0 aromatic heterocycles. The van der Waals surface area contributed by atoms with Crippen LogP contribution in [-0.2, 0) is 11.8 Å². The molecule has 1 spiro atoms. The van der Waals surface area contributed by atoms with Gasteiger partial charge in [-0.15, -0.1) is 0 Å². The molecule has 0 radical (unpaired) electrons. The molecule has 2 bridgehead atoms. The first-order valence-corrected chi connectivity index (χ1v) is 8.47. The Balaban J connectivity index is 1.78. The van der Waals surface area contributed by atoms with Crippen molar-refractivity contribution in [2.24, 2.45) is 11.8 Å². The predicted octanol–water partition coefficient (Wildman–Crippen LogP) is 5.32. The van der Waals surface area contributed by atoms with Crippen molar-refractivity contribution < 1.29 is 0 Å². The molecule has 0 heterocycles. The van der Waals surface area contributed by atoms with Crippen molar-refractivity contribution in [3.05, 3.63) is 59.2 Å². The fraction of sp³-hybridized carbons (Fsp3) is 0.429. The third-order valence-corrected chi connectivity index (χ3v) is 6.44. The SMILES string of the molecule is Cc1cccc2cc3c(cc12)CCCC31CC2C=CC1C2. The lowest BCUT2D eigenvalue weighted by molar-refractivity contribution is 0.304. The van der Waals surface area contributed by atoms with Crippen molar-refractivity contribution in [1.82, 2.24) is 0 Å². The van der Waals surface area contributed by atoms with Crippen LogP contribution in [0.2, 0.25) is 0 Å². The zero-order valence-electron chi connectivity index (χ0n) is 12.7. The molecule has 3 aliphatic rings. The van der Waals surface area contributed by atoms with E-state index in [0.717, 1.165) is 11.8 Å². The highest BCUT2D eigenvalue weighted by molar-refractivity contribution is 5.87. The molecule has 1 fully saturated rings. The molecule has 5 rings (SSSR count). The summed E-state index contributed by atoms with van der Waals surface area (Å²) in [6.07, 6.45) is 11.9. The Labute approximate surface area is 126 Å². The highest BCUT2D eigenvalue weighted by Crippen LogP contribution is 2.58.